The van der Waals surface area contributed by atoms with Crippen molar-refractivity contribution < 1.29 is 49.9 Å². The SMILES string of the molecule is CCC(O)C(O)C(O[C@H]1OC(CO)[C@@H](O)[C@H](O)C1O)C1COO1. The van der Waals surface area contributed by atoms with Crippen molar-refractivity contribution in [3.05, 3.63) is 0 Å². The fraction of sp³-hybridized carbons (Fsp3) is 1.00. The van der Waals surface area contributed by atoms with E-state index in [-0.39, 0.29) is 13.0 Å². The monoisotopic (exact) mass is 340 g/mol. The molecule has 10 heteroatoms. The third-order valence-corrected chi connectivity index (χ3v) is 4.08. The van der Waals surface area contributed by atoms with Crippen molar-refractivity contribution in [1.29, 1.82) is 0 Å². The molecule has 0 aromatic heterocycles. The highest BCUT2D eigenvalue weighted by atomic mass is 17.2. The van der Waals surface area contributed by atoms with Gasteiger partial charge in [-0.1, -0.05) is 6.92 Å². The van der Waals surface area contributed by atoms with Gasteiger partial charge in [-0.3, -0.25) is 0 Å². The maximum absolute atomic E-state index is 10.2. The van der Waals surface area contributed by atoms with Crippen LogP contribution >= 0.6 is 0 Å². The Kier molecular flexibility index (Phi) is 6.68. The van der Waals surface area contributed by atoms with Gasteiger partial charge in [0, 0.05) is 0 Å². The standard InChI is InChI=1S/C13H24O10/c1-2-5(15)8(16)12(7-4-20-23-7)22-13-11(19)10(18)9(17)6(3-14)21-13/h5-19H,2-4H2,1H3/t5?,6?,7?,8?,9-,10+,11?,12?,13-/m1/s1. The molecule has 2 aliphatic rings. The summed E-state index contributed by atoms with van der Waals surface area (Å²) in [6.45, 7) is 1.17. The van der Waals surface area contributed by atoms with Crippen LogP contribution in [0.25, 0.3) is 0 Å². The molecule has 0 aromatic rings. The Labute approximate surface area is 132 Å². The van der Waals surface area contributed by atoms with Crippen LogP contribution in [0.15, 0.2) is 0 Å². The van der Waals surface area contributed by atoms with Crippen LogP contribution in [0.3, 0.4) is 0 Å². The Bertz CT molecular complexity index is 363. The summed E-state index contributed by atoms with van der Waals surface area (Å²) in [5.74, 6) is 0. The molecule has 0 spiro atoms. The normalized spacial score (nSPS) is 41.9. The number of hydrogen-bond donors (Lipinski definition) is 6. The van der Waals surface area contributed by atoms with Crippen LogP contribution in [0.2, 0.25) is 0 Å². The van der Waals surface area contributed by atoms with Crippen LogP contribution in [0.4, 0.5) is 0 Å². The molecule has 2 aliphatic heterocycles. The van der Waals surface area contributed by atoms with Crippen molar-refractivity contribution in [2.45, 2.75) is 68.5 Å². The number of aliphatic hydroxyl groups is 6. The van der Waals surface area contributed by atoms with Gasteiger partial charge >= 0.3 is 0 Å². The summed E-state index contributed by atoms with van der Waals surface area (Å²) in [7, 11) is 0. The predicted molar refractivity (Wildman–Crippen MR) is 71.8 cm³/mol. The van der Waals surface area contributed by atoms with E-state index in [1.54, 1.807) is 6.92 Å². The van der Waals surface area contributed by atoms with Crippen LogP contribution in [0.5, 0.6) is 0 Å². The lowest BCUT2D eigenvalue weighted by Gasteiger charge is -2.43. The first-order valence-corrected chi connectivity index (χ1v) is 7.51. The van der Waals surface area contributed by atoms with E-state index in [1.165, 1.54) is 0 Å². The van der Waals surface area contributed by atoms with E-state index in [0.717, 1.165) is 0 Å². The molecule has 10 nitrogen and oxygen atoms in total. The largest absolute Gasteiger partial charge is 0.394 e. The summed E-state index contributed by atoms with van der Waals surface area (Å²) in [5.41, 5.74) is 0. The molecule has 9 atom stereocenters. The third-order valence-electron chi connectivity index (χ3n) is 4.08. The molecule has 23 heavy (non-hydrogen) atoms. The zero-order valence-electron chi connectivity index (χ0n) is 12.6. The molecule has 0 aromatic carbocycles. The first kappa shape index (κ1) is 18.9. The fourth-order valence-electron chi connectivity index (χ4n) is 2.48. The number of aliphatic hydroxyl groups excluding tert-OH is 6. The molecular weight excluding hydrogens is 316 g/mol. The van der Waals surface area contributed by atoms with Crippen molar-refractivity contribution in [1.82, 2.24) is 0 Å². The Balaban J connectivity index is 2.08. The van der Waals surface area contributed by atoms with E-state index in [2.05, 4.69) is 4.89 Å². The third kappa shape index (κ3) is 3.99. The van der Waals surface area contributed by atoms with Crippen molar-refractivity contribution in [3.8, 4) is 0 Å². The average Bonchev–Trinajstić information content (AvgIpc) is 2.51. The van der Waals surface area contributed by atoms with Crippen LogP contribution in [0, 0.1) is 0 Å². The minimum atomic E-state index is -1.61. The average molecular weight is 340 g/mol. The molecule has 2 saturated heterocycles. The van der Waals surface area contributed by atoms with E-state index >= 15 is 0 Å². The van der Waals surface area contributed by atoms with Gasteiger partial charge in [-0.25, -0.2) is 9.78 Å². The Morgan fingerprint density at radius 1 is 1.13 bits per heavy atom. The summed E-state index contributed by atoms with van der Waals surface area (Å²) in [4.78, 5) is 9.36. The van der Waals surface area contributed by atoms with E-state index < -0.39 is 61.7 Å². The van der Waals surface area contributed by atoms with Gasteiger partial charge in [-0.05, 0) is 6.42 Å². The molecule has 2 fully saturated rings. The quantitative estimate of drug-likeness (QED) is 0.258. The number of ether oxygens (including phenoxy) is 2. The van der Waals surface area contributed by atoms with E-state index in [9.17, 15) is 25.5 Å². The lowest BCUT2D eigenvalue weighted by atomic mass is 9.98. The summed E-state index contributed by atoms with van der Waals surface area (Å²) >= 11 is 0. The molecule has 0 saturated carbocycles. The highest BCUT2D eigenvalue weighted by Crippen LogP contribution is 2.27. The highest BCUT2D eigenvalue weighted by molar-refractivity contribution is 4.91. The second-order valence-electron chi connectivity index (χ2n) is 5.68. The number of hydrogen-bond acceptors (Lipinski definition) is 10. The molecule has 2 rings (SSSR count). The molecule has 0 aliphatic carbocycles. The number of rotatable bonds is 7. The summed E-state index contributed by atoms with van der Waals surface area (Å²) in [5, 5.41) is 58.5. The smallest absolute Gasteiger partial charge is 0.187 e. The first-order chi connectivity index (χ1) is 10.9. The summed E-state index contributed by atoms with van der Waals surface area (Å²) in [6, 6.07) is 0. The minimum absolute atomic E-state index is 0.107. The van der Waals surface area contributed by atoms with Gasteiger partial charge in [0.2, 0.25) is 0 Å². The van der Waals surface area contributed by atoms with E-state index in [0.29, 0.717) is 0 Å². The maximum Gasteiger partial charge on any atom is 0.187 e. The van der Waals surface area contributed by atoms with Crippen LogP contribution in [0.1, 0.15) is 13.3 Å². The topological polar surface area (TPSA) is 158 Å². The fourth-order valence-corrected chi connectivity index (χ4v) is 2.48. The first-order valence-electron chi connectivity index (χ1n) is 7.51. The van der Waals surface area contributed by atoms with E-state index in [1.807, 2.05) is 0 Å². The predicted octanol–water partition coefficient (Wildman–Crippen LogP) is -3.37. The van der Waals surface area contributed by atoms with Gasteiger partial charge in [0.1, 0.15) is 49.3 Å². The molecule has 0 amide bonds. The zero-order chi connectivity index (χ0) is 17.1. The highest BCUT2D eigenvalue weighted by Gasteiger charge is 2.48. The lowest BCUT2D eigenvalue weighted by Crippen LogP contribution is -2.62. The van der Waals surface area contributed by atoms with Crippen molar-refractivity contribution in [2.75, 3.05) is 13.2 Å². The summed E-state index contributed by atoms with van der Waals surface area (Å²) < 4.78 is 10.7. The van der Waals surface area contributed by atoms with Gasteiger partial charge in [-0.2, -0.15) is 0 Å². The molecule has 0 bridgehead atoms. The van der Waals surface area contributed by atoms with Crippen LogP contribution in [-0.4, -0.2) is 99.0 Å². The Hall–Kier alpha value is -0.400. The zero-order valence-corrected chi connectivity index (χ0v) is 12.6. The molecule has 2 heterocycles. The van der Waals surface area contributed by atoms with Gasteiger partial charge in [0.25, 0.3) is 0 Å². The Morgan fingerprint density at radius 2 is 1.78 bits per heavy atom. The van der Waals surface area contributed by atoms with Crippen LogP contribution < -0.4 is 0 Å². The Morgan fingerprint density at radius 3 is 2.26 bits per heavy atom. The van der Waals surface area contributed by atoms with Crippen molar-refractivity contribution >= 4 is 0 Å². The van der Waals surface area contributed by atoms with Crippen molar-refractivity contribution in [2.24, 2.45) is 0 Å². The van der Waals surface area contributed by atoms with Gasteiger partial charge in [0.15, 0.2) is 6.29 Å². The van der Waals surface area contributed by atoms with E-state index in [4.69, 9.17) is 19.5 Å². The molecule has 0 radical (unpaired) electrons. The maximum atomic E-state index is 10.2. The molecule has 136 valence electrons. The lowest BCUT2D eigenvalue weighted by molar-refractivity contribution is -0.454. The molecule has 6 N–H and O–H groups in total. The van der Waals surface area contributed by atoms with Gasteiger partial charge in [-0.15, -0.1) is 0 Å². The molecule has 6 unspecified atom stereocenters. The van der Waals surface area contributed by atoms with Crippen LogP contribution in [-0.2, 0) is 19.2 Å². The molecular formula is C13H24O10. The second kappa shape index (κ2) is 8.12. The minimum Gasteiger partial charge on any atom is -0.394 e. The van der Waals surface area contributed by atoms with Gasteiger partial charge < -0.3 is 40.1 Å². The van der Waals surface area contributed by atoms with Crippen molar-refractivity contribution in [3.63, 3.8) is 0 Å². The summed E-state index contributed by atoms with van der Waals surface area (Å²) in [6.07, 6.45) is -11.3. The van der Waals surface area contributed by atoms with Gasteiger partial charge in [0.05, 0.1) is 12.7 Å². The second-order valence-corrected chi connectivity index (χ2v) is 5.68.